The lowest BCUT2D eigenvalue weighted by Crippen LogP contribution is -2.07. The van der Waals surface area contributed by atoms with Crippen LogP contribution >= 0.6 is 11.3 Å². The highest BCUT2D eigenvalue weighted by Crippen LogP contribution is 2.28. The zero-order valence-corrected chi connectivity index (χ0v) is 9.42. The van der Waals surface area contributed by atoms with Crippen LogP contribution in [-0.4, -0.2) is 20.2 Å². The average molecular weight is 220 g/mol. The summed E-state index contributed by atoms with van der Waals surface area (Å²) in [6.07, 6.45) is 4.56. The predicted molar refractivity (Wildman–Crippen MR) is 58.4 cm³/mol. The van der Waals surface area contributed by atoms with Crippen molar-refractivity contribution in [3.63, 3.8) is 0 Å². The Morgan fingerprint density at radius 1 is 1.33 bits per heavy atom. The van der Waals surface area contributed by atoms with Gasteiger partial charge in [0.15, 0.2) is 5.82 Å². The van der Waals surface area contributed by atoms with Gasteiger partial charge in [0.2, 0.25) is 0 Å². The molecule has 2 aromatic rings. The van der Waals surface area contributed by atoms with Gasteiger partial charge in [0, 0.05) is 16.2 Å². The number of tetrazole rings is 1. The summed E-state index contributed by atoms with van der Waals surface area (Å²) in [5.41, 5.74) is 1.19. The van der Waals surface area contributed by atoms with Gasteiger partial charge in [0.1, 0.15) is 0 Å². The fourth-order valence-corrected chi connectivity index (χ4v) is 3.08. The minimum Gasteiger partial charge on any atom is -0.196 e. The van der Waals surface area contributed by atoms with E-state index in [2.05, 4.69) is 28.5 Å². The molecule has 0 bridgehead atoms. The van der Waals surface area contributed by atoms with Crippen molar-refractivity contribution in [3.05, 3.63) is 21.6 Å². The molecule has 0 atom stereocenters. The van der Waals surface area contributed by atoms with E-state index >= 15 is 0 Å². The van der Waals surface area contributed by atoms with Gasteiger partial charge in [0.05, 0.1) is 5.69 Å². The summed E-state index contributed by atoms with van der Waals surface area (Å²) in [6, 6.07) is 2.19. The quantitative estimate of drug-likeness (QED) is 0.681. The van der Waals surface area contributed by atoms with Gasteiger partial charge in [-0.1, -0.05) is 0 Å². The standard InChI is InChI=1S/C10H12N4S/c1-7-6-8-9(15-7)4-2-3-5-10-11-12-13-14(8)10/h6H,2-5H2,1H3. The molecule has 0 unspecified atom stereocenters. The fraction of sp³-hybridized carbons (Fsp3) is 0.500. The molecular weight excluding hydrogens is 208 g/mol. The topological polar surface area (TPSA) is 43.6 Å². The Hall–Kier alpha value is -1.23. The first-order valence-electron chi connectivity index (χ1n) is 5.21. The number of aryl methyl sites for hydroxylation is 3. The number of fused-ring (bicyclic) bond motifs is 3. The Labute approximate surface area is 91.9 Å². The third-order valence-electron chi connectivity index (χ3n) is 2.73. The van der Waals surface area contributed by atoms with Crippen LogP contribution in [0.2, 0.25) is 0 Å². The summed E-state index contributed by atoms with van der Waals surface area (Å²) in [5, 5.41) is 11.9. The van der Waals surface area contributed by atoms with Crippen LogP contribution in [0.15, 0.2) is 6.07 Å². The van der Waals surface area contributed by atoms with Crippen molar-refractivity contribution in [2.24, 2.45) is 0 Å². The van der Waals surface area contributed by atoms with Crippen LogP contribution in [0.4, 0.5) is 0 Å². The Morgan fingerprint density at radius 2 is 2.20 bits per heavy atom. The van der Waals surface area contributed by atoms with E-state index in [1.54, 1.807) is 0 Å². The Balaban J connectivity index is 2.20. The molecular formula is C10H12N4S. The molecule has 1 aliphatic rings. The van der Waals surface area contributed by atoms with E-state index in [1.807, 2.05) is 16.0 Å². The highest BCUT2D eigenvalue weighted by Gasteiger charge is 2.16. The molecule has 1 aliphatic heterocycles. The number of nitrogens with zero attached hydrogens (tertiary/aromatic N) is 4. The molecule has 0 aromatic carbocycles. The maximum Gasteiger partial charge on any atom is 0.156 e. The molecule has 0 radical (unpaired) electrons. The average Bonchev–Trinajstić information content (AvgIpc) is 2.76. The van der Waals surface area contributed by atoms with Crippen molar-refractivity contribution in [3.8, 4) is 5.69 Å². The van der Waals surface area contributed by atoms with Gasteiger partial charge >= 0.3 is 0 Å². The number of rotatable bonds is 0. The lowest BCUT2D eigenvalue weighted by atomic mass is 10.1. The predicted octanol–water partition coefficient (Wildman–Crippen LogP) is 1.91. The van der Waals surface area contributed by atoms with Crippen LogP contribution in [0, 0.1) is 6.92 Å². The molecule has 0 spiro atoms. The second-order valence-corrected chi connectivity index (χ2v) is 5.22. The first-order chi connectivity index (χ1) is 7.34. The molecule has 3 heterocycles. The summed E-state index contributed by atoms with van der Waals surface area (Å²) in [7, 11) is 0. The van der Waals surface area contributed by atoms with E-state index < -0.39 is 0 Å². The van der Waals surface area contributed by atoms with E-state index in [0.29, 0.717) is 0 Å². The second kappa shape index (κ2) is 3.41. The van der Waals surface area contributed by atoms with Crippen LogP contribution in [0.3, 0.4) is 0 Å². The first-order valence-corrected chi connectivity index (χ1v) is 6.03. The number of thiophene rings is 1. The van der Waals surface area contributed by atoms with Crippen molar-refractivity contribution >= 4 is 11.3 Å². The minimum absolute atomic E-state index is 0.987. The van der Waals surface area contributed by atoms with Crippen molar-refractivity contribution < 1.29 is 0 Å². The third-order valence-corrected chi connectivity index (χ3v) is 3.83. The van der Waals surface area contributed by atoms with E-state index in [4.69, 9.17) is 0 Å². The summed E-state index contributed by atoms with van der Waals surface area (Å²) in [4.78, 5) is 2.75. The minimum atomic E-state index is 0.987. The van der Waals surface area contributed by atoms with E-state index in [0.717, 1.165) is 18.7 Å². The Morgan fingerprint density at radius 3 is 3.13 bits per heavy atom. The summed E-state index contributed by atoms with van der Waals surface area (Å²) in [6.45, 7) is 2.14. The lowest BCUT2D eigenvalue weighted by Gasteiger charge is -2.09. The molecule has 78 valence electrons. The van der Waals surface area contributed by atoms with E-state index in [1.165, 1.54) is 28.3 Å². The van der Waals surface area contributed by atoms with Gasteiger partial charge in [-0.25, -0.2) is 0 Å². The smallest absolute Gasteiger partial charge is 0.156 e. The van der Waals surface area contributed by atoms with Gasteiger partial charge in [-0.3, -0.25) is 0 Å². The molecule has 2 aromatic heterocycles. The molecule has 0 N–H and O–H groups in total. The van der Waals surface area contributed by atoms with E-state index in [-0.39, 0.29) is 0 Å². The van der Waals surface area contributed by atoms with Gasteiger partial charge in [-0.15, -0.1) is 16.4 Å². The van der Waals surface area contributed by atoms with Crippen molar-refractivity contribution in [2.75, 3.05) is 0 Å². The SMILES string of the molecule is Cc1cc2c(s1)CCCCc1nnnn1-2. The monoisotopic (exact) mass is 220 g/mol. The van der Waals surface area contributed by atoms with Crippen LogP contribution in [0.1, 0.15) is 28.4 Å². The van der Waals surface area contributed by atoms with Crippen molar-refractivity contribution in [1.82, 2.24) is 20.2 Å². The zero-order chi connectivity index (χ0) is 10.3. The van der Waals surface area contributed by atoms with E-state index in [9.17, 15) is 0 Å². The second-order valence-electron chi connectivity index (χ2n) is 3.88. The molecule has 0 aliphatic carbocycles. The Kier molecular flexibility index (Phi) is 2.05. The molecule has 3 rings (SSSR count). The molecule has 0 amide bonds. The zero-order valence-electron chi connectivity index (χ0n) is 8.60. The maximum atomic E-state index is 4.08. The molecule has 0 saturated heterocycles. The highest BCUT2D eigenvalue weighted by molar-refractivity contribution is 7.12. The maximum absolute atomic E-state index is 4.08. The van der Waals surface area contributed by atoms with Gasteiger partial charge in [-0.05, 0) is 42.7 Å². The fourth-order valence-electron chi connectivity index (χ4n) is 2.02. The van der Waals surface area contributed by atoms with Gasteiger partial charge in [0.25, 0.3) is 0 Å². The number of aromatic nitrogens is 4. The summed E-state index contributed by atoms with van der Waals surface area (Å²) < 4.78 is 1.90. The van der Waals surface area contributed by atoms with Gasteiger partial charge < -0.3 is 0 Å². The normalized spacial score (nSPS) is 15.3. The molecule has 15 heavy (non-hydrogen) atoms. The lowest BCUT2D eigenvalue weighted by molar-refractivity contribution is 0.661. The third kappa shape index (κ3) is 1.47. The van der Waals surface area contributed by atoms with Crippen LogP contribution < -0.4 is 0 Å². The largest absolute Gasteiger partial charge is 0.196 e. The van der Waals surface area contributed by atoms with Gasteiger partial charge in [-0.2, -0.15) is 4.68 Å². The molecule has 0 fully saturated rings. The van der Waals surface area contributed by atoms with Crippen LogP contribution in [-0.2, 0) is 12.8 Å². The number of hydrogen-bond acceptors (Lipinski definition) is 4. The van der Waals surface area contributed by atoms with Crippen molar-refractivity contribution in [1.29, 1.82) is 0 Å². The molecule has 5 heteroatoms. The Bertz CT molecular complexity index is 485. The van der Waals surface area contributed by atoms with Crippen molar-refractivity contribution in [2.45, 2.75) is 32.6 Å². The molecule has 0 saturated carbocycles. The summed E-state index contributed by atoms with van der Waals surface area (Å²) >= 11 is 1.86. The highest BCUT2D eigenvalue weighted by atomic mass is 32.1. The molecule has 4 nitrogen and oxygen atoms in total. The van der Waals surface area contributed by atoms with Crippen LogP contribution in [0.25, 0.3) is 5.69 Å². The van der Waals surface area contributed by atoms with Crippen LogP contribution in [0.5, 0.6) is 0 Å². The summed E-state index contributed by atoms with van der Waals surface area (Å²) in [5.74, 6) is 0.994. The first kappa shape index (κ1) is 9.03. The number of hydrogen-bond donors (Lipinski definition) is 0.